The Bertz CT molecular complexity index is 805. The number of halogens is 2. The van der Waals surface area contributed by atoms with Crippen molar-refractivity contribution in [2.45, 2.75) is 4.90 Å². The molecule has 0 unspecified atom stereocenters. The third kappa shape index (κ3) is 4.04. The Morgan fingerprint density at radius 1 is 1.24 bits per heavy atom. The zero-order valence-electron chi connectivity index (χ0n) is 10.5. The molecule has 5 nitrogen and oxygen atoms in total. The van der Waals surface area contributed by atoms with Crippen LogP contribution in [0.1, 0.15) is 5.56 Å². The molecule has 0 heterocycles. The van der Waals surface area contributed by atoms with E-state index in [0.717, 1.165) is 0 Å². The maximum atomic E-state index is 11.1. The van der Waals surface area contributed by atoms with Crippen LogP contribution < -0.4 is 5.14 Å². The van der Waals surface area contributed by atoms with Gasteiger partial charge in [-0.1, -0.05) is 27.5 Å². The lowest BCUT2D eigenvalue weighted by Crippen LogP contribution is -2.11. The summed E-state index contributed by atoms with van der Waals surface area (Å²) in [6.07, 6.45) is 1.43. The van der Waals surface area contributed by atoms with Crippen LogP contribution in [0.5, 0.6) is 5.75 Å². The number of aliphatic imine (C=N–C) groups is 1. The summed E-state index contributed by atoms with van der Waals surface area (Å²) in [5.74, 6) is -0.0789. The molecule has 0 saturated heterocycles. The van der Waals surface area contributed by atoms with Crippen LogP contribution in [0.15, 0.2) is 50.8 Å². The van der Waals surface area contributed by atoms with Gasteiger partial charge in [0.25, 0.3) is 0 Å². The second kappa shape index (κ2) is 6.15. The predicted molar refractivity (Wildman–Crippen MR) is 85.9 cm³/mol. The minimum absolute atomic E-state index is 0.00907. The molecule has 110 valence electrons. The van der Waals surface area contributed by atoms with Gasteiger partial charge in [-0.3, -0.25) is 4.99 Å². The standard InChI is InChI=1S/C13H10BrClN2O3S/c14-9-5-8(13(18)12(15)6-9)7-17-10-1-3-11(4-2-10)21(16,19)20/h1-7,18H,(H2,16,19,20). The van der Waals surface area contributed by atoms with Gasteiger partial charge < -0.3 is 5.11 Å². The Kier molecular flexibility index (Phi) is 4.67. The van der Waals surface area contributed by atoms with Crippen LogP contribution in [0, 0.1) is 0 Å². The Balaban J connectivity index is 2.30. The van der Waals surface area contributed by atoms with Crippen LogP contribution in [0.3, 0.4) is 0 Å². The topological polar surface area (TPSA) is 92.8 Å². The quantitative estimate of drug-likeness (QED) is 0.789. The summed E-state index contributed by atoms with van der Waals surface area (Å²) < 4.78 is 23.0. The number of nitrogens with zero attached hydrogens (tertiary/aromatic N) is 1. The SMILES string of the molecule is NS(=O)(=O)c1ccc(N=Cc2cc(Br)cc(Cl)c2O)cc1. The van der Waals surface area contributed by atoms with Crippen LogP contribution in [-0.4, -0.2) is 19.7 Å². The van der Waals surface area contributed by atoms with Gasteiger partial charge in [-0.2, -0.15) is 0 Å². The van der Waals surface area contributed by atoms with Gasteiger partial charge in [-0.05, 0) is 36.4 Å². The average molecular weight is 390 g/mol. The van der Waals surface area contributed by atoms with Crippen molar-refractivity contribution < 1.29 is 13.5 Å². The Hall–Kier alpha value is -1.41. The molecule has 3 N–H and O–H groups in total. The lowest BCUT2D eigenvalue weighted by molar-refractivity contribution is 0.474. The molecular formula is C13H10BrClN2O3S. The second-order valence-corrected chi connectivity index (χ2v) is 7.01. The average Bonchev–Trinajstić information content (AvgIpc) is 2.40. The van der Waals surface area contributed by atoms with E-state index in [1.807, 2.05) is 0 Å². The maximum absolute atomic E-state index is 11.1. The first kappa shape index (κ1) is 16.0. The molecule has 2 rings (SSSR count). The molecule has 0 fully saturated rings. The van der Waals surface area contributed by atoms with Crippen molar-refractivity contribution in [2.24, 2.45) is 10.1 Å². The van der Waals surface area contributed by atoms with Crippen molar-refractivity contribution in [3.05, 3.63) is 51.5 Å². The highest BCUT2D eigenvalue weighted by atomic mass is 79.9. The largest absolute Gasteiger partial charge is 0.506 e. The van der Waals surface area contributed by atoms with E-state index in [4.69, 9.17) is 16.7 Å². The maximum Gasteiger partial charge on any atom is 0.238 e. The van der Waals surface area contributed by atoms with E-state index in [0.29, 0.717) is 15.7 Å². The monoisotopic (exact) mass is 388 g/mol. The molecule has 2 aromatic rings. The number of phenolic OH excluding ortho intramolecular Hbond substituents is 1. The van der Waals surface area contributed by atoms with Crippen molar-refractivity contribution >= 4 is 49.5 Å². The number of nitrogens with two attached hydrogens (primary N) is 1. The summed E-state index contributed by atoms with van der Waals surface area (Å²) in [5.41, 5.74) is 0.947. The molecule has 0 spiro atoms. The van der Waals surface area contributed by atoms with Crippen molar-refractivity contribution in [2.75, 3.05) is 0 Å². The van der Waals surface area contributed by atoms with Crippen LogP contribution >= 0.6 is 27.5 Å². The lowest BCUT2D eigenvalue weighted by atomic mass is 10.2. The molecule has 0 saturated carbocycles. The predicted octanol–water partition coefficient (Wildman–Crippen LogP) is 3.21. The fraction of sp³-hybridized carbons (Fsp3) is 0. The summed E-state index contributed by atoms with van der Waals surface area (Å²) in [7, 11) is -3.72. The van der Waals surface area contributed by atoms with Gasteiger partial charge in [0.2, 0.25) is 10.0 Å². The number of sulfonamides is 1. The third-order valence-corrected chi connectivity index (χ3v) is 4.25. The number of primary sulfonamides is 1. The fourth-order valence-corrected chi connectivity index (χ4v) is 2.90. The van der Waals surface area contributed by atoms with E-state index < -0.39 is 10.0 Å². The van der Waals surface area contributed by atoms with E-state index in [-0.39, 0.29) is 15.7 Å². The van der Waals surface area contributed by atoms with E-state index in [9.17, 15) is 13.5 Å². The first-order valence-electron chi connectivity index (χ1n) is 5.62. The number of hydrogen-bond donors (Lipinski definition) is 2. The van der Waals surface area contributed by atoms with E-state index in [1.165, 1.54) is 30.5 Å². The highest BCUT2D eigenvalue weighted by Crippen LogP contribution is 2.30. The van der Waals surface area contributed by atoms with Gasteiger partial charge in [0, 0.05) is 16.3 Å². The molecule has 0 aromatic heterocycles. The summed E-state index contributed by atoms with van der Waals surface area (Å²) in [4.78, 5) is 4.15. The van der Waals surface area contributed by atoms with Gasteiger partial charge in [-0.25, -0.2) is 13.6 Å². The Morgan fingerprint density at radius 2 is 1.86 bits per heavy atom. The number of aromatic hydroxyl groups is 1. The van der Waals surface area contributed by atoms with Crippen molar-refractivity contribution in [1.82, 2.24) is 0 Å². The number of rotatable bonds is 3. The van der Waals surface area contributed by atoms with Gasteiger partial charge in [-0.15, -0.1) is 0 Å². The fourth-order valence-electron chi connectivity index (χ4n) is 1.55. The van der Waals surface area contributed by atoms with Crippen molar-refractivity contribution in [1.29, 1.82) is 0 Å². The number of phenols is 1. The molecule has 0 amide bonds. The van der Waals surface area contributed by atoms with E-state index >= 15 is 0 Å². The van der Waals surface area contributed by atoms with E-state index in [2.05, 4.69) is 20.9 Å². The summed E-state index contributed by atoms with van der Waals surface area (Å²) >= 11 is 9.12. The lowest BCUT2D eigenvalue weighted by Gasteiger charge is -2.03. The molecular weight excluding hydrogens is 380 g/mol. The Morgan fingerprint density at radius 3 is 2.43 bits per heavy atom. The van der Waals surface area contributed by atoms with Crippen LogP contribution in [0.2, 0.25) is 5.02 Å². The summed E-state index contributed by atoms with van der Waals surface area (Å²) in [6, 6.07) is 8.95. The molecule has 8 heteroatoms. The molecule has 0 aliphatic carbocycles. The molecule has 0 aliphatic heterocycles. The first-order chi connectivity index (χ1) is 9.77. The van der Waals surface area contributed by atoms with Crippen molar-refractivity contribution in [3.63, 3.8) is 0 Å². The van der Waals surface area contributed by atoms with Crippen LogP contribution in [-0.2, 0) is 10.0 Å². The number of benzene rings is 2. The minimum Gasteiger partial charge on any atom is -0.506 e. The molecule has 0 atom stereocenters. The molecule has 0 bridgehead atoms. The second-order valence-electron chi connectivity index (χ2n) is 4.12. The van der Waals surface area contributed by atoms with Gasteiger partial charge in [0.1, 0.15) is 5.75 Å². The molecule has 0 aliphatic rings. The third-order valence-electron chi connectivity index (χ3n) is 2.58. The van der Waals surface area contributed by atoms with Gasteiger partial charge >= 0.3 is 0 Å². The zero-order valence-corrected chi connectivity index (χ0v) is 13.7. The highest BCUT2D eigenvalue weighted by molar-refractivity contribution is 9.10. The summed E-state index contributed by atoms with van der Waals surface area (Å²) in [5, 5.41) is 15.0. The molecule has 2 aromatic carbocycles. The molecule has 21 heavy (non-hydrogen) atoms. The highest BCUT2D eigenvalue weighted by Gasteiger charge is 2.07. The Labute approximate surface area is 135 Å². The minimum atomic E-state index is -3.72. The first-order valence-corrected chi connectivity index (χ1v) is 8.34. The van der Waals surface area contributed by atoms with Gasteiger partial charge in [0.05, 0.1) is 15.6 Å². The molecule has 0 radical (unpaired) electrons. The van der Waals surface area contributed by atoms with Crippen molar-refractivity contribution in [3.8, 4) is 5.75 Å². The van der Waals surface area contributed by atoms with Gasteiger partial charge in [0.15, 0.2) is 0 Å². The summed E-state index contributed by atoms with van der Waals surface area (Å²) in [6.45, 7) is 0. The van der Waals surface area contributed by atoms with Crippen LogP contribution in [0.25, 0.3) is 0 Å². The van der Waals surface area contributed by atoms with Crippen LogP contribution in [0.4, 0.5) is 5.69 Å². The van der Waals surface area contributed by atoms with E-state index in [1.54, 1.807) is 12.1 Å². The smallest absolute Gasteiger partial charge is 0.238 e. The number of hydrogen-bond acceptors (Lipinski definition) is 4. The normalized spacial score (nSPS) is 12.0. The zero-order chi connectivity index (χ0) is 15.6.